The van der Waals surface area contributed by atoms with Gasteiger partial charge in [0.25, 0.3) is 0 Å². The first-order chi connectivity index (χ1) is 10.4. The van der Waals surface area contributed by atoms with Crippen LogP contribution in [0.4, 0.5) is 0 Å². The van der Waals surface area contributed by atoms with Gasteiger partial charge in [0.05, 0.1) is 13.2 Å². The lowest BCUT2D eigenvalue weighted by Crippen LogP contribution is -2.44. The summed E-state index contributed by atoms with van der Waals surface area (Å²) in [5, 5.41) is 2.97. The van der Waals surface area contributed by atoms with Gasteiger partial charge in [-0.1, -0.05) is 0 Å². The Bertz CT molecular complexity index is 544. The third-order valence-electron chi connectivity index (χ3n) is 4.20. The van der Waals surface area contributed by atoms with E-state index in [0.29, 0.717) is 0 Å². The van der Waals surface area contributed by atoms with Gasteiger partial charge < -0.3 is 14.5 Å². The number of furan rings is 1. The van der Waals surface area contributed by atoms with Crippen molar-refractivity contribution in [2.24, 2.45) is 0 Å². The molecular weight excluding hydrogens is 284 g/mol. The Labute approximate surface area is 130 Å². The molecule has 1 aromatic rings. The molecule has 2 heterocycles. The summed E-state index contributed by atoms with van der Waals surface area (Å²) >= 11 is 0. The van der Waals surface area contributed by atoms with Crippen molar-refractivity contribution in [3.8, 4) is 0 Å². The molecule has 1 saturated heterocycles. The van der Waals surface area contributed by atoms with Crippen LogP contribution in [0.2, 0.25) is 0 Å². The maximum Gasteiger partial charge on any atom is 0.374 e. The number of carbonyl (C=O) groups is 2. The number of hydrogen-bond acceptors (Lipinski definition) is 5. The van der Waals surface area contributed by atoms with E-state index in [1.807, 2.05) is 13.0 Å². The summed E-state index contributed by atoms with van der Waals surface area (Å²) in [7, 11) is 1.35. The second kappa shape index (κ2) is 6.96. The van der Waals surface area contributed by atoms with Gasteiger partial charge in [-0.3, -0.25) is 9.69 Å². The molecule has 0 aromatic carbocycles. The molecule has 1 aromatic heterocycles. The van der Waals surface area contributed by atoms with Crippen molar-refractivity contribution in [1.82, 2.24) is 10.2 Å². The molecule has 1 aliphatic rings. The summed E-state index contributed by atoms with van der Waals surface area (Å²) < 4.78 is 10.4. The van der Waals surface area contributed by atoms with Crippen molar-refractivity contribution in [3.05, 3.63) is 23.2 Å². The van der Waals surface area contributed by atoms with Crippen LogP contribution in [-0.4, -0.2) is 43.0 Å². The SMILES string of the molecule is COC(=O)c1oc(C(C)N2CCC(NC(C)=O)CC2)cc1C. The second-order valence-electron chi connectivity index (χ2n) is 5.84. The van der Waals surface area contributed by atoms with Crippen LogP contribution in [0, 0.1) is 6.92 Å². The standard InChI is InChI=1S/C16H24N2O4/c1-10-9-14(22-15(10)16(20)21-4)11(2)18-7-5-13(6-8-18)17-12(3)19/h9,11,13H,5-8H2,1-4H3,(H,17,19). The molecular formula is C16H24N2O4. The van der Waals surface area contributed by atoms with E-state index in [0.717, 1.165) is 37.3 Å². The van der Waals surface area contributed by atoms with E-state index in [1.54, 1.807) is 6.92 Å². The van der Waals surface area contributed by atoms with E-state index >= 15 is 0 Å². The Morgan fingerprint density at radius 3 is 2.59 bits per heavy atom. The largest absolute Gasteiger partial charge is 0.463 e. The van der Waals surface area contributed by atoms with Gasteiger partial charge in [0.15, 0.2) is 0 Å². The summed E-state index contributed by atoms with van der Waals surface area (Å²) in [6.07, 6.45) is 1.85. The van der Waals surface area contributed by atoms with Gasteiger partial charge in [0, 0.05) is 31.6 Å². The first kappa shape index (κ1) is 16.5. The summed E-state index contributed by atoms with van der Waals surface area (Å²) in [6.45, 7) is 7.24. The molecule has 6 nitrogen and oxygen atoms in total. The number of nitrogens with zero attached hydrogens (tertiary/aromatic N) is 1. The monoisotopic (exact) mass is 308 g/mol. The molecule has 6 heteroatoms. The predicted molar refractivity (Wildman–Crippen MR) is 81.6 cm³/mol. The van der Waals surface area contributed by atoms with Crippen LogP contribution in [0.15, 0.2) is 10.5 Å². The molecule has 2 rings (SSSR count). The van der Waals surface area contributed by atoms with Gasteiger partial charge >= 0.3 is 5.97 Å². The number of piperidine rings is 1. The Hall–Kier alpha value is -1.82. The van der Waals surface area contributed by atoms with Gasteiger partial charge in [0.2, 0.25) is 11.7 Å². The zero-order valence-electron chi connectivity index (χ0n) is 13.6. The highest BCUT2D eigenvalue weighted by molar-refractivity contribution is 5.87. The number of methoxy groups -OCH3 is 1. The van der Waals surface area contributed by atoms with Gasteiger partial charge in [-0.25, -0.2) is 4.79 Å². The Balaban J connectivity index is 1.99. The number of esters is 1. The number of nitrogens with one attached hydrogen (secondary N) is 1. The molecule has 1 fully saturated rings. The summed E-state index contributed by atoms with van der Waals surface area (Å²) in [5.41, 5.74) is 0.793. The number of aryl methyl sites for hydroxylation is 1. The van der Waals surface area contributed by atoms with Crippen molar-refractivity contribution in [2.75, 3.05) is 20.2 Å². The highest BCUT2D eigenvalue weighted by atomic mass is 16.5. The fourth-order valence-corrected chi connectivity index (χ4v) is 2.91. The number of ether oxygens (including phenoxy) is 1. The highest BCUT2D eigenvalue weighted by Gasteiger charge is 2.27. The Morgan fingerprint density at radius 2 is 2.05 bits per heavy atom. The highest BCUT2D eigenvalue weighted by Crippen LogP contribution is 2.28. The smallest absolute Gasteiger partial charge is 0.374 e. The quantitative estimate of drug-likeness (QED) is 0.862. The molecule has 22 heavy (non-hydrogen) atoms. The van der Waals surface area contributed by atoms with E-state index in [1.165, 1.54) is 7.11 Å². The third kappa shape index (κ3) is 3.68. The number of carbonyl (C=O) groups excluding carboxylic acids is 2. The third-order valence-corrected chi connectivity index (χ3v) is 4.20. The van der Waals surface area contributed by atoms with E-state index in [9.17, 15) is 9.59 Å². The minimum absolute atomic E-state index is 0.0240. The van der Waals surface area contributed by atoms with Crippen molar-refractivity contribution >= 4 is 11.9 Å². The van der Waals surface area contributed by atoms with Gasteiger partial charge in [-0.2, -0.15) is 0 Å². The van der Waals surface area contributed by atoms with Gasteiger partial charge in [-0.15, -0.1) is 0 Å². The number of hydrogen-bond donors (Lipinski definition) is 1. The fraction of sp³-hybridized carbons (Fsp3) is 0.625. The lowest BCUT2D eigenvalue weighted by atomic mass is 10.0. The number of amides is 1. The molecule has 0 spiro atoms. The summed E-state index contributed by atoms with van der Waals surface area (Å²) in [5.74, 6) is 0.629. The second-order valence-corrected chi connectivity index (χ2v) is 5.84. The van der Waals surface area contributed by atoms with E-state index in [-0.39, 0.29) is 23.8 Å². The van der Waals surface area contributed by atoms with E-state index < -0.39 is 5.97 Å². The van der Waals surface area contributed by atoms with Gasteiger partial charge in [-0.05, 0) is 32.8 Å². The zero-order valence-corrected chi connectivity index (χ0v) is 13.6. The van der Waals surface area contributed by atoms with E-state index in [2.05, 4.69) is 17.1 Å². The lowest BCUT2D eigenvalue weighted by molar-refractivity contribution is -0.120. The fourth-order valence-electron chi connectivity index (χ4n) is 2.91. The number of rotatable bonds is 4. The summed E-state index contributed by atoms with van der Waals surface area (Å²) in [6, 6.07) is 2.25. The zero-order chi connectivity index (χ0) is 16.3. The molecule has 1 amide bonds. The minimum atomic E-state index is -0.444. The number of likely N-dealkylation sites (tertiary alicyclic amines) is 1. The van der Waals surface area contributed by atoms with Crippen LogP contribution in [0.25, 0.3) is 0 Å². The maximum atomic E-state index is 11.6. The van der Waals surface area contributed by atoms with Crippen LogP contribution in [0.3, 0.4) is 0 Å². The molecule has 0 bridgehead atoms. The minimum Gasteiger partial charge on any atom is -0.463 e. The van der Waals surface area contributed by atoms with Crippen molar-refractivity contribution in [2.45, 2.75) is 45.7 Å². The van der Waals surface area contributed by atoms with Gasteiger partial charge in [0.1, 0.15) is 5.76 Å². The van der Waals surface area contributed by atoms with Crippen LogP contribution < -0.4 is 5.32 Å². The molecule has 0 saturated carbocycles. The first-order valence-corrected chi connectivity index (χ1v) is 7.62. The Morgan fingerprint density at radius 1 is 1.41 bits per heavy atom. The lowest BCUT2D eigenvalue weighted by Gasteiger charge is -2.35. The average molecular weight is 308 g/mol. The van der Waals surface area contributed by atoms with Crippen molar-refractivity contribution < 1.29 is 18.7 Å². The Kier molecular flexibility index (Phi) is 5.24. The molecule has 1 unspecified atom stereocenters. The topological polar surface area (TPSA) is 71.8 Å². The molecule has 1 aliphatic heterocycles. The van der Waals surface area contributed by atoms with Crippen LogP contribution in [0.5, 0.6) is 0 Å². The average Bonchev–Trinajstić information content (AvgIpc) is 2.88. The van der Waals surface area contributed by atoms with Crippen LogP contribution in [-0.2, 0) is 9.53 Å². The predicted octanol–water partition coefficient (Wildman–Crippen LogP) is 2.04. The first-order valence-electron chi connectivity index (χ1n) is 7.62. The molecule has 1 atom stereocenters. The molecule has 0 radical (unpaired) electrons. The molecule has 1 N–H and O–H groups in total. The van der Waals surface area contributed by atoms with Crippen molar-refractivity contribution in [1.29, 1.82) is 0 Å². The van der Waals surface area contributed by atoms with Crippen LogP contribution >= 0.6 is 0 Å². The van der Waals surface area contributed by atoms with Crippen molar-refractivity contribution in [3.63, 3.8) is 0 Å². The van der Waals surface area contributed by atoms with E-state index in [4.69, 9.17) is 9.15 Å². The maximum absolute atomic E-state index is 11.6. The summed E-state index contributed by atoms with van der Waals surface area (Å²) in [4.78, 5) is 25.0. The van der Waals surface area contributed by atoms with Crippen LogP contribution in [0.1, 0.15) is 54.6 Å². The molecule has 0 aliphatic carbocycles. The normalized spacial score (nSPS) is 18.0. The molecule has 122 valence electrons.